The van der Waals surface area contributed by atoms with Crippen molar-refractivity contribution in [2.45, 2.75) is 49.8 Å². The lowest BCUT2D eigenvalue weighted by Crippen LogP contribution is -2.63. The van der Waals surface area contributed by atoms with Crippen LogP contribution >= 0.6 is 0 Å². The van der Waals surface area contributed by atoms with Crippen LogP contribution < -0.4 is 4.90 Å². The molecule has 2 fully saturated rings. The van der Waals surface area contributed by atoms with E-state index in [2.05, 4.69) is 10.1 Å². The Morgan fingerprint density at radius 1 is 1.20 bits per heavy atom. The normalized spacial score (nSPS) is 38.4. The van der Waals surface area contributed by atoms with Crippen molar-refractivity contribution in [3.05, 3.63) is 21.8 Å². The molecule has 136 valence electrons. The minimum absolute atomic E-state index is 0.242. The van der Waals surface area contributed by atoms with Crippen LogP contribution in [0.15, 0.2) is 4.63 Å². The SMILES string of the molecule is [O-][N+]1=C2CCc3c(no[n+]3[O-])[C@]2(O)[C@H]2CCCC[C@]21N1CCOCC1. The fourth-order valence-electron chi connectivity index (χ4n) is 5.57. The Hall–Kier alpha value is -1.71. The first kappa shape index (κ1) is 15.5. The van der Waals surface area contributed by atoms with Gasteiger partial charge in [-0.1, -0.05) is 6.42 Å². The van der Waals surface area contributed by atoms with E-state index in [0.717, 1.165) is 24.0 Å². The molecule has 4 aliphatic rings. The van der Waals surface area contributed by atoms with E-state index in [1.807, 2.05) is 0 Å². The van der Waals surface area contributed by atoms with Crippen LogP contribution in [0, 0.1) is 16.3 Å². The van der Waals surface area contributed by atoms with Gasteiger partial charge in [-0.2, -0.15) is 4.74 Å². The Balaban J connectivity index is 1.70. The van der Waals surface area contributed by atoms with Crippen molar-refractivity contribution in [1.29, 1.82) is 0 Å². The lowest BCUT2D eigenvalue weighted by molar-refractivity contribution is -0.808. The summed E-state index contributed by atoms with van der Waals surface area (Å²) < 4.78 is 11.3. The van der Waals surface area contributed by atoms with E-state index in [9.17, 15) is 15.5 Å². The summed E-state index contributed by atoms with van der Waals surface area (Å²) in [4.78, 5) is 2.55. The molecule has 0 bridgehead atoms. The van der Waals surface area contributed by atoms with Crippen molar-refractivity contribution in [2.75, 3.05) is 26.3 Å². The Morgan fingerprint density at radius 2 is 2.00 bits per heavy atom. The van der Waals surface area contributed by atoms with Crippen LogP contribution in [0.5, 0.6) is 0 Å². The molecular weight excluding hydrogens is 328 g/mol. The molecule has 5 rings (SSSR count). The van der Waals surface area contributed by atoms with Gasteiger partial charge in [0, 0.05) is 37.5 Å². The second-order valence-electron chi connectivity index (χ2n) is 7.51. The highest BCUT2D eigenvalue weighted by Gasteiger charge is 2.73. The average molecular weight is 350 g/mol. The third kappa shape index (κ3) is 1.76. The fraction of sp³-hybridized carbons (Fsp3) is 0.812. The lowest BCUT2D eigenvalue weighted by Gasteiger charge is -2.47. The van der Waals surface area contributed by atoms with E-state index in [0.29, 0.717) is 61.9 Å². The van der Waals surface area contributed by atoms with Gasteiger partial charge in [-0.15, -0.1) is 0 Å². The third-order valence-electron chi connectivity index (χ3n) is 6.61. The van der Waals surface area contributed by atoms with Gasteiger partial charge in [0.15, 0.2) is 0 Å². The molecule has 0 spiro atoms. The Bertz CT molecular complexity index is 743. The smallest absolute Gasteiger partial charge is 0.263 e. The maximum absolute atomic E-state index is 13.5. The quantitative estimate of drug-likeness (QED) is 0.543. The number of rotatable bonds is 1. The first-order valence-corrected chi connectivity index (χ1v) is 9.08. The van der Waals surface area contributed by atoms with E-state index < -0.39 is 11.3 Å². The summed E-state index contributed by atoms with van der Waals surface area (Å²) in [5.41, 5.74) is -1.25. The Morgan fingerprint density at radius 3 is 2.80 bits per heavy atom. The molecule has 0 radical (unpaired) electrons. The summed E-state index contributed by atoms with van der Waals surface area (Å²) in [7, 11) is 0. The predicted molar refractivity (Wildman–Crippen MR) is 83.4 cm³/mol. The van der Waals surface area contributed by atoms with Gasteiger partial charge in [0.2, 0.25) is 22.7 Å². The Kier molecular flexibility index (Phi) is 3.20. The maximum Gasteiger partial charge on any atom is 0.263 e. The monoisotopic (exact) mass is 350 g/mol. The van der Waals surface area contributed by atoms with Crippen molar-refractivity contribution >= 4 is 5.71 Å². The number of hydroxylamine groups is 1. The van der Waals surface area contributed by atoms with Crippen molar-refractivity contribution < 1.29 is 24.1 Å². The minimum atomic E-state index is -1.51. The van der Waals surface area contributed by atoms with Gasteiger partial charge < -0.3 is 20.3 Å². The molecular formula is C16H22N4O5. The van der Waals surface area contributed by atoms with Gasteiger partial charge in [-0.25, -0.2) is 4.90 Å². The van der Waals surface area contributed by atoms with Gasteiger partial charge in [-0.3, -0.25) is 4.63 Å². The molecule has 2 aliphatic carbocycles. The average Bonchev–Trinajstić information content (AvgIpc) is 3.12. The number of hydrogen-bond acceptors (Lipinski definition) is 7. The summed E-state index contributed by atoms with van der Waals surface area (Å²) in [6.45, 7) is 2.52. The standard InChI is InChI=1S/C16H22N4O5/c21-16-12-3-1-2-6-15(12,18-7-9-24-10-8-18)19(22)13(16)5-4-11-14(16)17-25-20(11)23/h12,21H,1-10H2/t12-,15+,16-/m0/s1. The zero-order valence-electron chi connectivity index (χ0n) is 14.0. The van der Waals surface area contributed by atoms with Crippen molar-refractivity contribution in [2.24, 2.45) is 5.92 Å². The summed E-state index contributed by atoms with van der Waals surface area (Å²) in [5, 5.41) is 41.0. The third-order valence-corrected chi connectivity index (χ3v) is 6.61. The highest BCUT2D eigenvalue weighted by Crippen LogP contribution is 2.55. The first-order valence-electron chi connectivity index (χ1n) is 9.08. The largest absolute Gasteiger partial charge is 0.622 e. The number of nitrogens with zero attached hydrogens (tertiary/aromatic N) is 4. The van der Waals surface area contributed by atoms with Crippen molar-refractivity contribution in [3.8, 4) is 0 Å². The number of fused-ring (bicyclic) bond motifs is 5. The van der Waals surface area contributed by atoms with Gasteiger partial charge in [-0.05, 0) is 17.7 Å². The van der Waals surface area contributed by atoms with Crippen LogP contribution in [0.25, 0.3) is 0 Å². The molecule has 1 aromatic rings. The second kappa shape index (κ2) is 5.15. The number of aromatic nitrogens is 2. The van der Waals surface area contributed by atoms with E-state index in [1.54, 1.807) is 0 Å². The molecule has 1 aromatic heterocycles. The van der Waals surface area contributed by atoms with Crippen LogP contribution in [0.3, 0.4) is 0 Å². The summed E-state index contributed by atoms with van der Waals surface area (Å²) in [5.74, 6) is -0.316. The molecule has 1 N–H and O–H groups in total. The molecule has 1 saturated heterocycles. The minimum Gasteiger partial charge on any atom is -0.622 e. The van der Waals surface area contributed by atoms with Crippen molar-refractivity contribution in [3.63, 3.8) is 0 Å². The molecule has 9 heteroatoms. The molecule has 0 amide bonds. The first-order chi connectivity index (χ1) is 12.1. The molecule has 0 aromatic carbocycles. The summed E-state index contributed by atoms with van der Waals surface area (Å²) in [6.07, 6.45) is 4.05. The van der Waals surface area contributed by atoms with Crippen LogP contribution in [-0.4, -0.2) is 57.6 Å². The summed E-state index contributed by atoms with van der Waals surface area (Å²) >= 11 is 0. The predicted octanol–water partition coefficient (Wildman–Crippen LogP) is -0.375. The van der Waals surface area contributed by atoms with Gasteiger partial charge in [0.05, 0.1) is 19.1 Å². The van der Waals surface area contributed by atoms with Crippen molar-refractivity contribution in [1.82, 2.24) is 10.1 Å². The highest BCUT2D eigenvalue weighted by atomic mass is 16.8. The van der Waals surface area contributed by atoms with Gasteiger partial charge >= 0.3 is 0 Å². The number of hydrogen-bond donors (Lipinski definition) is 1. The van der Waals surface area contributed by atoms with E-state index >= 15 is 0 Å². The van der Waals surface area contributed by atoms with E-state index in [4.69, 9.17) is 9.37 Å². The number of morpholine rings is 1. The van der Waals surface area contributed by atoms with Crippen LogP contribution in [0.2, 0.25) is 0 Å². The zero-order chi connectivity index (χ0) is 17.2. The van der Waals surface area contributed by atoms with Gasteiger partial charge in [0.1, 0.15) is 0 Å². The maximum atomic E-state index is 13.5. The molecule has 3 heterocycles. The number of aliphatic hydroxyl groups is 1. The Labute approximate surface area is 144 Å². The van der Waals surface area contributed by atoms with E-state index in [-0.39, 0.29) is 11.6 Å². The molecule has 3 atom stereocenters. The second-order valence-corrected chi connectivity index (χ2v) is 7.51. The topological polar surface area (TPSA) is 112 Å². The molecule has 2 aliphatic heterocycles. The van der Waals surface area contributed by atoms with Crippen LogP contribution in [0.4, 0.5) is 0 Å². The molecule has 0 unspecified atom stereocenters. The molecule has 9 nitrogen and oxygen atoms in total. The van der Waals surface area contributed by atoms with E-state index in [1.165, 1.54) is 0 Å². The number of ether oxygens (including phenoxy) is 1. The van der Waals surface area contributed by atoms with Crippen LogP contribution in [-0.2, 0) is 16.8 Å². The summed E-state index contributed by atoms with van der Waals surface area (Å²) in [6, 6.07) is 0. The van der Waals surface area contributed by atoms with Crippen LogP contribution in [0.1, 0.15) is 43.5 Å². The highest BCUT2D eigenvalue weighted by molar-refractivity contribution is 5.92. The fourth-order valence-corrected chi connectivity index (χ4v) is 5.57. The molecule has 25 heavy (non-hydrogen) atoms. The molecule has 1 saturated carbocycles. The zero-order valence-corrected chi connectivity index (χ0v) is 14.0. The lowest BCUT2D eigenvalue weighted by atomic mass is 9.66. The van der Waals surface area contributed by atoms with Gasteiger partial charge in [0.25, 0.3) is 5.69 Å².